The predicted octanol–water partition coefficient (Wildman–Crippen LogP) is 5.17. The number of hydrogen-bond acceptors (Lipinski definition) is 5. The highest BCUT2D eigenvalue weighted by Crippen LogP contribution is 2.40. The molecule has 36 heavy (non-hydrogen) atoms. The van der Waals surface area contributed by atoms with Crippen molar-refractivity contribution in [3.8, 4) is 0 Å². The van der Waals surface area contributed by atoms with E-state index in [4.69, 9.17) is 9.47 Å². The Balaban J connectivity index is 1.56. The van der Waals surface area contributed by atoms with Gasteiger partial charge in [-0.1, -0.05) is 60.7 Å². The van der Waals surface area contributed by atoms with Crippen molar-refractivity contribution in [1.82, 2.24) is 10.2 Å². The van der Waals surface area contributed by atoms with Crippen molar-refractivity contribution in [2.24, 2.45) is 0 Å². The molecule has 190 valence electrons. The fourth-order valence-electron chi connectivity index (χ4n) is 5.25. The minimum absolute atomic E-state index is 0.0109. The van der Waals surface area contributed by atoms with Crippen LogP contribution in [0.2, 0.25) is 0 Å². The smallest absolute Gasteiger partial charge is 0.162 e. The first-order valence-electron chi connectivity index (χ1n) is 12.5. The van der Waals surface area contributed by atoms with Crippen molar-refractivity contribution in [2.45, 2.75) is 43.7 Å². The van der Waals surface area contributed by atoms with E-state index in [1.165, 1.54) is 17.7 Å². The van der Waals surface area contributed by atoms with Crippen LogP contribution in [0.1, 0.15) is 40.7 Å². The number of hydrogen-bond donors (Lipinski definition) is 1. The molecule has 0 bridgehead atoms. The number of carbonyl (C=O) groups excluding carboxylic acids is 1. The van der Waals surface area contributed by atoms with Gasteiger partial charge in [0.2, 0.25) is 0 Å². The molecule has 0 radical (unpaired) electrons. The second kappa shape index (κ2) is 12.4. The molecule has 0 amide bonds. The molecule has 0 saturated carbocycles. The quantitative estimate of drug-likeness (QED) is 0.376. The molecule has 5 nitrogen and oxygen atoms in total. The summed E-state index contributed by atoms with van der Waals surface area (Å²) in [5, 5.41) is 3.75. The van der Waals surface area contributed by atoms with Gasteiger partial charge in [-0.25, -0.2) is 4.39 Å². The Morgan fingerprint density at radius 1 is 1.00 bits per heavy atom. The molecule has 1 aliphatic heterocycles. The number of nitrogens with one attached hydrogen (secondary N) is 1. The molecule has 1 N–H and O–H groups in total. The Hall–Kier alpha value is -2.90. The third-order valence-corrected chi connectivity index (χ3v) is 7.09. The fourth-order valence-corrected chi connectivity index (χ4v) is 5.25. The fraction of sp³-hybridized carbons (Fsp3) is 0.367. The predicted molar refractivity (Wildman–Crippen MR) is 139 cm³/mol. The number of benzene rings is 3. The summed E-state index contributed by atoms with van der Waals surface area (Å²) in [7, 11) is 3.51. The molecule has 0 aromatic heterocycles. The summed E-state index contributed by atoms with van der Waals surface area (Å²) in [6.07, 6.45) is 1.84. The number of likely N-dealkylation sites (tertiary alicyclic amines) is 1. The summed E-state index contributed by atoms with van der Waals surface area (Å²) >= 11 is 0. The van der Waals surface area contributed by atoms with Gasteiger partial charge in [-0.15, -0.1) is 0 Å². The molecule has 3 aromatic carbocycles. The van der Waals surface area contributed by atoms with Crippen LogP contribution in [0.15, 0.2) is 84.9 Å². The van der Waals surface area contributed by atoms with E-state index in [0.29, 0.717) is 38.0 Å². The maximum atomic E-state index is 13.3. The van der Waals surface area contributed by atoms with Gasteiger partial charge >= 0.3 is 0 Å². The molecule has 1 fully saturated rings. The Bertz CT molecular complexity index is 1090. The average Bonchev–Trinajstić information content (AvgIpc) is 2.93. The first-order chi connectivity index (χ1) is 17.6. The van der Waals surface area contributed by atoms with Gasteiger partial charge in [-0.3, -0.25) is 9.69 Å². The molecule has 4 rings (SSSR count). The number of Topliss-reactive ketones (excluding diaryl/α,β-unsaturated/α-hetero) is 1. The van der Waals surface area contributed by atoms with Crippen LogP contribution in [0.5, 0.6) is 0 Å². The number of halogens is 1. The van der Waals surface area contributed by atoms with E-state index >= 15 is 0 Å². The topological polar surface area (TPSA) is 50.8 Å². The molecule has 1 saturated heterocycles. The van der Waals surface area contributed by atoms with Crippen LogP contribution >= 0.6 is 0 Å². The van der Waals surface area contributed by atoms with E-state index in [1.54, 1.807) is 26.4 Å². The van der Waals surface area contributed by atoms with Crippen molar-refractivity contribution >= 4 is 5.78 Å². The molecule has 3 atom stereocenters. The number of nitrogens with zero attached hydrogens (tertiary/aromatic N) is 1. The molecule has 0 spiro atoms. The zero-order chi connectivity index (χ0) is 25.4. The second-order valence-corrected chi connectivity index (χ2v) is 9.26. The Kier molecular flexibility index (Phi) is 8.99. The summed E-state index contributed by atoms with van der Waals surface area (Å²) < 4.78 is 25.5. The highest BCUT2D eigenvalue weighted by molar-refractivity contribution is 5.95. The SMILES string of the molecule is COC1CC(NCc2ccccc2)C(OC)(c2ccccc2)N(CCCC(=O)c2ccc(F)cc2)C1. The largest absolute Gasteiger partial charge is 0.380 e. The van der Waals surface area contributed by atoms with Crippen molar-refractivity contribution in [2.75, 3.05) is 27.3 Å². The van der Waals surface area contributed by atoms with Gasteiger partial charge < -0.3 is 14.8 Å². The van der Waals surface area contributed by atoms with E-state index in [-0.39, 0.29) is 23.7 Å². The van der Waals surface area contributed by atoms with Crippen LogP contribution in [0.3, 0.4) is 0 Å². The van der Waals surface area contributed by atoms with Crippen LogP contribution in [-0.2, 0) is 21.7 Å². The zero-order valence-electron chi connectivity index (χ0n) is 21.0. The third-order valence-electron chi connectivity index (χ3n) is 7.09. The Morgan fingerprint density at radius 3 is 2.31 bits per heavy atom. The summed E-state index contributed by atoms with van der Waals surface area (Å²) in [5.74, 6) is -0.330. The number of ether oxygens (including phenoxy) is 2. The van der Waals surface area contributed by atoms with Crippen LogP contribution < -0.4 is 5.32 Å². The first-order valence-corrected chi connectivity index (χ1v) is 12.5. The van der Waals surface area contributed by atoms with E-state index in [1.807, 2.05) is 36.4 Å². The van der Waals surface area contributed by atoms with Gasteiger partial charge in [0, 0.05) is 51.4 Å². The second-order valence-electron chi connectivity index (χ2n) is 9.26. The van der Waals surface area contributed by atoms with Crippen molar-refractivity contribution < 1.29 is 18.7 Å². The molecule has 1 aliphatic rings. The van der Waals surface area contributed by atoms with Gasteiger partial charge in [0.1, 0.15) is 5.82 Å². The lowest BCUT2D eigenvalue weighted by molar-refractivity contribution is -0.206. The summed E-state index contributed by atoms with van der Waals surface area (Å²) in [5.41, 5.74) is 2.08. The lowest BCUT2D eigenvalue weighted by Crippen LogP contribution is -2.66. The zero-order valence-corrected chi connectivity index (χ0v) is 21.0. The van der Waals surface area contributed by atoms with Crippen molar-refractivity contribution in [3.63, 3.8) is 0 Å². The molecule has 6 heteroatoms. The first kappa shape index (κ1) is 26.2. The van der Waals surface area contributed by atoms with Gasteiger partial charge in [-0.2, -0.15) is 0 Å². The Labute approximate surface area is 213 Å². The molecule has 0 aliphatic carbocycles. The van der Waals surface area contributed by atoms with Gasteiger partial charge in [-0.05, 0) is 42.7 Å². The minimum Gasteiger partial charge on any atom is -0.380 e. The van der Waals surface area contributed by atoms with Gasteiger partial charge in [0.15, 0.2) is 11.5 Å². The number of carbonyl (C=O) groups is 1. The molecule has 3 unspecified atom stereocenters. The average molecular weight is 491 g/mol. The normalized spacial score (nSPS) is 22.4. The van der Waals surface area contributed by atoms with E-state index in [0.717, 1.165) is 12.0 Å². The van der Waals surface area contributed by atoms with E-state index in [2.05, 4.69) is 34.5 Å². The molecule has 1 heterocycles. The number of ketones is 1. The van der Waals surface area contributed by atoms with Crippen molar-refractivity contribution in [3.05, 3.63) is 107 Å². The number of methoxy groups -OCH3 is 2. The number of rotatable bonds is 11. The maximum absolute atomic E-state index is 13.3. The molecular formula is C30H35FN2O3. The van der Waals surface area contributed by atoms with Crippen LogP contribution in [0.25, 0.3) is 0 Å². The monoisotopic (exact) mass is 490 g/mol. The van der Waals surface area contributed by atoms with Crippen LogP contribution in [0, 0.1) is 5.82 Å². The minimum atomic E-state index is -0.718. The summed E-state index contributed by atoms with van der Waals surface area (Å²) in [4.78, 5) is 15.0. The van der Waals surface area contributed by atoms with Crippen LogP contribution in [0.4, 0.5) is 4.39 Å². The van der Waals surface area contributed by atoms with Gasteiger partial charge in [0.25, 0.3) is 0 Å². The van der Waals surface area contributed by atoms with E-state index < -0.39 is 5.72 Å². The third kappa shape index (κ3) is 5.90. The lowest BCUT2D eigenvalue weighted by Gasteiger charge is -2.53. The standard InChI is InChI=1S/C30H35FN2O3/c1-35-27-20-29(32-21-23-10-5-3-6-11-23)30(36-2,25-12-7-4-8-13-25)33(22-27)19-9-14-28(34)24-15-17-26(31)18-16-24/h3-8,10-13,15-18,27,29,32H,9,14,19-22H2,1-2H3. The van der Waals surface area contributed by atoms with E-state index in [9.17, 15) is 9.18 Å². The van der Waals surface area contributed by atoms with Gasteiger partial charge in [0.05, 0.1) is 12.1 Å². The summed E-state index contributed by atoms with van der Waals surface area (Å²) in [6.45, 7) is 2.04. The highest BCUT2D eigenvalue weighted by atomic mass is 19.1. The maximum Gasteiger partial charge on any atom is 0.162 e. The molecule has 3 aromatic rings. The summed E-state index contributed by atoms with van der Waals surface area (Å²) in [6, 6.07) is 26.3. The van der Waals surface area contributed by atoms with Crippen LogP contribution in [-0.4, -0.2) is 50.1 Å². The number of piperidine rings is 1. The van der Waals surface area contributed by atoms with Crippen molar-refractivity contribution in [1.29, 1.82) is 0 Å². The highest BCUT2D eigenvalue weighted by Gasteiger charge is 2.50. The molecular weight excluding hydrogens is 455 g/mol. The lowest BCUT2D eigenvalue weighted by atomic mass is 9.84. The Morgan fingerprint density at radius 2 is 1.67 bits per heavy atom.